The number of likely N-dealkylation sites (tertiary alicyclic amines) is 2. The number of quaternary nitrogens is 1. The Morgan fingerprint density at radius 2 is 1.69 bits per heavy atom. The van der Waals surface area contributed by atoms with Crippen LogP contribution in [0.3, 0.4) is 0 Å². The molecule has 0 aliphatic carbocycles. The van der Waals surface area contributed by atoms with Gasteiger partial charge in [0, 0.05) is 31.5 Å². The predicted octanol–water partition coefficient (Wildman–Crippen LogP) is 2.06. The maximum absolute atomic E-state index is 13.2. The van der Waals surface area contributed by atoms with Crippen LogP contribution < -0.4 is 10.2 Å². The number of aryl methyl sites for hydroxylation is 1. The van der Waals surface area contributed by atoms with Gasteiger partial charge in [-0.05, 0) is 49.3 Å². The van der Waals surface area contributed by atoms with Gasteiger partial charge in [-0.15, -0.1) is 0 Å². The molecular weight excluding hydrogens is 362 g/mol. The zero-order valence-electron chi connectivity index (χ0n) is 18.4. The van der Waals surface area contributed by atoms with Gasteiger partial charge in [-0.25, -0.2) is 0 Å². The Hall–Kier alpha value is -1.88. The minimum Gasteiger partial charge on any atom is -0.340 e. The van der Waals surface area contributed by atoms with E-state index in [0.717, 1.165) is 32.4 Å². The molecule has 5 heteroatoms. The Balaban J connectivity index is 1.57. The monoisotopic (exact) mass is 400 g/mol. The molecule has 2 aliphatic heterocycles. The van der Waals surface area contributed by atoms with Crippen molar-refractivity contribution in [1.82, 2.24) is 10.2 Å². The highest BCUT2D eigenvalue weighted by atomic mass is 16.2. The third-order valence-corrected chi connectivity index (χ3v) is 6.72. The first-order valence-electron chi connectivity index (χ1n) is 11.5. The van der Waals surface area contributed by atoms with Crippen molar-refractivity contribution in [2.45, 2.75) is 71.4 Å². The van der Waals surface area contributed by atoms with Gasteiger partial charge in [0.15, 0.2) is 0 Å². The van der Waals surface area contributed by atoms with Crippen molar-refractivity contribution in [2.75, 3.05) is 26.2 Å². The summed E-state index contributed by atoms with van der Waals surface area (Å²) in [5.41, 5.74) is 1.82. The number of amides is 2. The lowest BCUT2D eigenvalue weighted by molar-refractivity contribution is -0.931. The highest BCUT2D eigenvalue weighted by Crippen LogP contribution is 2.15. The van der Waals surface area contributed by atoms with E-state index in [-0.39, 0.29) is 17.7 Å². The molecule has 2 saturated heterocycles. The minimum absolute atomic E-state index is 0.0619. The van der Waals surface area contributed by atoms with Crippen molar-refractivity contribution in [2.24, 2.45) is 5.92 Å². The summed E-state index contributed by atoms with van der Waals surface area (Å²) >= 11 is 0. The average Bonchev–Trinajstić information content (AvgIpc) is 2.77. The van der Waals surface area contributed by atoms with Gasteiger partial charge in [-0.2, -0.15) is 0 Å². The smallest absolute Gasteiger partial charge is 0.251 e. The Bertz CT molecular complexity index is 672. The summed E-state index contributed by atoms with van der Waals surface area (Å²) in [5.74, 6) is -0.0234. The SMILES string of the molecule is CCc1ccc(C(=O)N[C@H](C(=O)N2CCC([NH+]3CCCCC3)CC2)C(C)C)cc1. The van der Waals surface area contributed by atoms with Gasteiger partial charge in [0.25, 0.3) is 5.91 Å². The summed E-state index contributed by atoms with van der Waals surface area (Å²) in [6.07, 6.45) is 7.17. The lowest BCUT2D eigenvalue weighted by Crippen LogP contribution is -3.16. The molecular formula is C24H38N3O2+. The number of hydrogen-bond acceptors (Lipinski definition) is 2. The van der Waals surface area contributed by atoms with E-state index >= 15 is 0 Å². The molecule has 1 atom stereocenters. The molecule has 1 aromatic rings. The van der Waals surface area contributed by atoms with Crippen LogP contribution in [0.15, 0.2) is 24.3 Å². The summed E-state index contributed by atoms with van der Waals surface area (Å²) in [4.78, 5) is 29.6. The Morgan fingerprint density at radius 3 is 2.24 bits per heavy atom. The van der Waals surface area contributed by atoms with Crippen LogP contribution in [-0.2, 0) is 11.2 Å². The van der Waals surface area contributed by atoms with E-state index in [4.69, 9.17) is 0 Å². The zero-order valence-corrected chi connectivity index (χ0v) is 18.4. The molecule has 0 unspecified atom stereocenters. The third kappa shape index (κ3) is 5.59. The zero-order chi connectivity index (χ0) is 20.8. The van der Waals surface area contributed by atoms with Crippen molar-refractivity contribution < 1.29 is 14.5 Å². The number of nitrogens with one attached hydrogen (secondary N) is 2. The molecule has 160 valence electrons. The molecule has 3 rings (SSSR count). The molecule has 1 aromatic carbocycles. The van der Waals surface area contributed by atoms with Gasteiger partial charge in [0.05, 0.1) is 19.1 Å². The molecule has 0 spiro atoms. The van der Waals surface area contributed by atoms with Crippen LogP contribution in [0.4, 0.5) is 0 Å². The fourth-order valence-corrected chi connectivity index (χ4v) is 4.75. The molecule has 29 heavy (non-hydrogen) atoms. The fraction of sp³-hybridized carbons (Fsp3) is 0.667. The molecule has 2 heterocycles. The molecule has 0 bridgehead atoms. The first-order chi connectivity index (χ1) is 14.0. The van der Waals surface area contributed by atoms with E-state index in [9.17, 15) is 9.59 Å². The first-order valence-corrected chi connectivity index (χ1v) is 11.5. The highest BCUT2D eigenvalue weighted by molar-refractivity contribution is 5.97. The lowest BCUT2D eigenvalue weighted by Gasteiger charge is -2.39. The number of nitrogens with zero attached hydrogens (tertiary/aromatic N) is 1. The second-order valence-electron chi connectivity index (χ2n) is 9.06. The quantitative estimate of drug-likeness (QED) is 0.768. The number of carbonyl (C=O) groups excluding carboxylic acids is 2. The van der Waals surface area contributed by atoms with Crippen molar-refractivity contribution in [3.63, 3.8) is 0 Å². The molecule has 5 nitrogen and oxygen atoms in total. The van der Waals surface area contributed by atoms with Crippen molar-refractivity contribution in [1.29, 1.82) is 0 Å². The van der Waals surface area contributed by atoms with E-state index in [0.29, 0.717) is 11.6 Å². The van der Waals surface area contributed by atoms with E-state index in [2.05, 4.69) is 12.2 Å². The van der Waals surface area contributed by atoms with Crippen LogP contribution >= 0.6 is 0 Å². The largest absolute Gasteiger partial charge is 0.340 e. The molecule has 0 saturated carbocycles. The fourth-order valence-electron chi connectivity index (χ4n) is 4.75. The summed E-state index contributed by atoms with van der Waals surface area (Å²) in [7, 11) is 0. The lowest BCUT2D eigenvalue weighted by atomic mass is 9.97. The van der Waals surface area contributed by atoms with Gasteiger partial charge in [0.2, 0.25) is 5.91 Å². The van der Waals surface area contributed by atoms with Gasteiger partial charge in [0.1, 0.15) is 6.04 Å². The standard InChI is InChI=1S/C24H37N3O2/c1-4-19-8-10-20(11-9-19)23(28)25-22(18(2)3)24(29)27-16-12-21(13-17-27)26-14-6-5-7-15-26/h8-11,18,21-22H,4-7,12-17H2,1-3H3,(H,25,28)/p+1/t22-/m0/s1. The number of rotatable bonds is 6. The van der Waals surface area contributed by atoms with Gasteiger partial charge in [-0.3, -0.25) is 9.59 Å². The highest BCUT2D eigenvalue weighted by Gasteiger charge is 2.34. The first kappa shape index (κ1) is 21.8. The Kier molecular flexibility index (Phi) is 7.70. The van der Waals surface area contributed by atoms with Crippen LogP contribution in [0.1, 0.15) is 68.8 Å². The van der Waals surface area contributed by atoms with Crippen LogP contribution in [-0.4, -0.2) is 55.0 Å². The Labute approximate surface area is 175 Å². The number of benzene rings is 1. The topological polar surface area (TPSA) is 53.9 Å². The van der Waals surface area contributed by atoms with Gasteiger partial charge in [-0.1, -0.05) is 32.9 Å². The van der Waals surface area contributed by atoms with Crippen molar-refractivity contribution in [3.05, 3.63) is 35.4 Å². The summed E-state index contributed by atoms with van der Waals surface area (Å²) in [6, 6.07) is 7.89. The minimum atomic E-state index is -0.466. The van der Waals surface area contributed by atoms with Crippen LogP contribution in [0.2, 0.25) is 0 Å². The number of carbonyl (C=O) groups is 2. The average molecular weight is 401 g/mol. The molecule has 0 aromatic heterocycles. The Morgan fingerprint density at radius 1 is 1.07 bits per heavy atom. The molecule has 0 radical (unpaired) electrons. The number of hydrogen-bond donors (Lipinski definition) is 2. The maximum Gasteiger partial charge on any atom is 0.251 e. The summed E-state index contributed by atoms with van der Waals surface area (Å²) in [5, 5.41) is 3.01. The van der Waals surface area contributed by atoms with E-state index < -0.39 is 6.04 Å². The summed E-state index contributed by atoms with van der Waals surface area (Å²) < 4.78 is 0. The molecule has 2 fully saturated rings. The van der Waals surface area contributed by atoms with Crippen molar-refractivity contribution in [3.8, 4) is 0 Å². The number of piperidine rings is 2. The summed E-state index contributed by atoms with van der Waals surface area (Å²) in [6.45, 7) is 10.3. The van der Waals surface area contributed by atoms with Crippen molar-refractivity contribution >= 4 is 11.8 Å². The molecule has 2 N–H and O–H groups in total. The predicted molar refractivity (Wildman–Crippen MR) is 116 cm³/mol. The van der Waals surface area contributed by atoms with E-state index in [1.54, 1.807) is 4.90 Å². The van der Waals surface area contributed by atoms with Crippen LogP contribution in [0.25, 0.3) is 0 Å². The van der Waals surface area contributed by atoms with E-state index in [1.807, 2.05) is 43.0 Å². The third-order valence-electron chi connectivity index (χ3n) is 6.72. The second-order valence-corrected chi connectivity index (χ2v) is 9.06. The van der Waals surface area contributed by atoms with Gasteiger partial charge < -0.3 is 15.1 Å². The van der Waals surface area contributed by atoms with E-state index in [1.165, 1.54) is 37.9 Å². The normalized spacial score (nSPS) is 19.9. The molecule has 2 amide bonds. The van der Waals surface area contributed by atoms with Crippen LogP contribution in [0.5, 0.6) is 0 Å². The maximum atomic E-state index is 13.2. The van der Waals surface area contributed by atoms with Crippen LogP contribution in [0, 0.1) is 5.92 Å². The van der Waals surface area contributed by atoms with Gasteiger partial charge >= 0.3 is 0 Å². The second kappa shape index (κ2) is 10.2. The molecule has 2 aliphatic rings.